The number of halogens is 2. The number of rotatable bonds is 9. The Labute approximate surface area is 188 Å². The van der Waals surface area contributed by atoms with Crippen LogP contribution < -0.4 is 31.4 Å². The summed E-state index contributed by atoms with van der Waals surface area (Å²) < 4.78 is 10.5. The van der Waals surface area contributed by atoms with Crippen molar-refractivity contribution in [2.24, 2.45) is 0 Å². The highest BCUT2D eigenvalue weighted by Crippen LogP contribution is 2.27. The number of ether oxygens (including phenoxy) is 2. The minimum absolute atomic E-state index is 0.241. The Hall–Kier alpha value is -3.43. The van der Waals surface area contributed by atoms with Gasteiger partial charge in [-0.25, -0.2) is 9.97 Å². The van der Waals surface area contributed by atoms with Crippen LogP contribution in [0.2, 0.25) is 10.0 Å². The Kier molecular flexibility index (Phi) is 7.58. The number of carbonyl (C=O) groups is 1. The second kappa shape index (κ2) is 10.6. The molecule has 0 unspecified atom stereocenters. The van der Waals surface area contributed by atoms with Crippen molar-refractivity contribution in [1.29, 1.82) is 0 Å². The van der Waals surface area contributed by atoms with Crippen molar-refractivity contribution in [3.63, 3.8) is 0 Å². The molecule has 0 aliphatic carbocycles. The fraction of sp³-hybridized carbons (Fsp3) is 0.150. The number of aromatic nitrogens is 2. The minimum atomic E-state index is -0.461. The molecule has 3 aromatic rings. The molecule has 1 amide bonds. The first-order chi connectivity index (χ1) is 15.0. The van der Waals surface area contributed by atoms with E-state index in [1.54, 1.807) is 19.2 Å². The van der Waals surface area contributed by atoms with Gasteiger partial charge in [-0.2, -0.15) is 0 Å². The van der Waals surface area contributed by atoms with Gasteiger partial charge in [0.05, 0.1) is 12.1 Å². The van der Waals surface area contributed by atoms with Gasteiger partial charge in [0.15, 0.2) is 18.2 Å². The maximum atomic E-state index is 12.0. The Balaban J connectivity index is 1.52. The molecule has 9 nitrogen and oxygen atoms in total. The van der Waals surface area contributed by atoms with Crippen LogP contribution in [0.5, 0.6) is 11.5 Å². The SMILES string of the molecule is COc1ccc(CNc2ncnc(NNC(=O)COc3ccc(Cl)cc3Cl)c2N)cc1. The number of nitrogen functional groups attached to an aromatic ring is 1. The van der Waals surface area contributed by atoms with Gasteiger partial charge in [0.25, 0.3) is 5.91 Å². The van der Waals surface area contributed by atoms with E-state index in [9.17, 15) is 4.79 Å². The molecule has 1 aromatic heterocycles. The summed E-state index contributed by atoms with van der Waals surface area (Å²) in [6, 6.07) is 12.3. The molecule has 31 heavy (non-hydrogen) atoms. The summed E-state index contributed by atoms with van der Waals surface area (Å²) >= 11 is 11.8. The second-order valence-corrected chi connectivity index (χ2v) is 7.07. The summed E-state index contributed by atoms with van der Waals surface area (Å²) in [5.74, 6) is 1.32. The van der Waals surface area contributed by atoms with Crippen LogP contribution in [0.25, 0.3) is 0 Å². The quantitative estimate of drug-likeness (QED) is 0.356. The van der Waals surface area contributed by atoms with E-state index < -0.39 is 5.91 Å². The first-order valence-corrected chi connectivity index (χ1v) is 9.82. The summed E-state index contributed by atoms with van der Waals surface area (Å²) in [6.45, 7) is 0.217. The topological polar surface area (TPSA) is 123 Å². The van der Waals surface area contributed by atoms with E-state index in [0.29, 0.717) is 28.2 Å². The number of nitrogens with one attached hydrogen (secondary N) is 3. The summed E-state index contributed by atoms with van der Waals surface area (Å²) in [5, 5.41) is 3.91. The molecular weight excluding hydrogens is 443 g/mol. The number of hydrogen-bond acceptors (Lipinski definition) is 8. The number of methoxy groups -OCH3 is 1. The molecule has 0 radical (unpaired) electrons. The maximum absolute atomic E-state index is 12.0. The molecular formula is C20H20Cl2N6O3. The van der Waals surface area contributed by atoms with Crippen LogP contribution in [-0.4, -0.2) is 29.6 Å². The lowest BCUT2D eigenvalue weighted by atomic mass is 10.2. The first-order valence-electron chi connectivity index (χ1n) is 9.06. The van der Waals surface area contributed by atoms with E-state index >= 15 is 0 Å². The van der Waals surface area contributed by atoms with E-state index in [1.165, 1.54) is 12.4 Å². The number of nitrogens with zero attached hydrogens (tertiary/aromatic N) is 2. The van der Waals surface area contributed by atoms with E-state index in [-0.39, 0.29) is 18.1 Å². The second-order valence-electron chi connectivity index (χ2n) is 6.22. The predicted octanol–water partition coefficient (Wildman–Crippen LogP) is 3.51. The van der Waals surface area contributed by atoms with Crippen molar-refractivity contribution in [3.05, 3.63) is 64.4 Å². The normalized spacial score (nSPS) is 10.3. The standard InChI is InChI=1S/C20H20Cl2N6O3/c1-30-14-5-2-12(3-6-14)9-24-19-18(23)20(26-11-25-19)28-27-17(29)10-31-16-7-4-13(21)8-15(16)22/h2-8,11H,9-10,23H2,1H3,(H,27,29)(H2,24,25,26,28). The number of anilines is 3. The Morgan fingerprint density at radius 3 is 2.55 bits per heavy atom. The lowest BCUT2D eigenvalue weighted by Gasteiger charge is -2.14. The number of hydrogen-bond donors (Lipinski definition) is 4. The Morgan fingerprint density at radius 2 is 1.84 bits per heavy atom. The van der Waals surface area contributed by atoms with Crippen LogP contribution in [0, 0.1) is 0 Å². The number of carbonyl (C=O) groups excluding carboxylic acids is 1. The molecule has 3 rings (SSSR count). The molecule has 0 bridgehead atoms. The van der Waals surface area contributed by atoms with Crippen molar-refractivity contribution >= 4 is 46.4 Å². The van der Waals surface area contributed by atoms with Crippen LogP contribution >= 0.6 is 23.2 Å². The third-order valence-corrected chi connectivity index (χ3v) is 4.61. The molecule has 5 N–H and O–H groups in total. The van der Waals surface area contributed by atoms with Crippen molar-refractivity contribution < 1.29 is 14.3 Å². The van der Waals surface area contributed by atoms with E-state index in [4.69, 9.17) is 38.4 Å². The molecule has 0 saturated heterocycles. The van der Waals surface area contributed by atoms with Crippen LogP contribution in [0.3, 0.4) is 0 Å². The largest absolute Gasteiger partial charge is 0.497 e. The third-order valence-electron chi connectivity index (χ3n) is 4.08. The van der Waals surface area contributed by atoms with E-state index in [1.807, 2.05) is 24.3 Å². The van der Waals surface area contributed by atoms with Gasteiger partial charge in [0, 0.05) is 11.6 Å². The number of hydrazine groups is 1. The van der Waals surface area contributed by atoms with Crippen LogP contribution in [0.4, 0.5) is 17.3 Å². The van der Waals surface area contributed by atoms with Crippen molar-refractivity contribution in [1.82, 2.24) is 15.4 Å². The van der Waals surface area contributed by atoms with Crippen molar-refractivity contribution in [3.8, 4) is 11.5 Å². The summed E-state index contributed by atoms with van der Waals surface area (Å²) in [4.78, 5) is 20.2. The zero-order valence-electron chi connectivity index (χ0n) is 16.5. The smallest absolute Gasteiger partial charge is 0.276 e. The molecule has 0 aliphatic heterocycles. The molecule has 0 spiro atoms. The third kappa shape index (κ3) is 6.27. The van der Waals surface area contributed by atoms with E-state index in [0.717, 1.165) is 11.3 Å². The molecule has 2 aromatic carbocycles. The van der Waals surface area contributed by atoms with Gasteiger partial charge in [-0.3, -0.25) is 15.6 Å². The highest BCUT2D eigenvalue weighted by atomic mass is 35.5. The fourth-order valence-electron chi connectivity index (χ4n) is 2.47. The molecule has 11 heteroatoms. The Bertz CT molecular complexity index is 1050. The minimum Gasteiger partial charge on any atom is -0.497 e. The molecule has 0 atom stereocenters. The highest BCUT2D eigenvalue weighted by Gasteiger charge is 2.10. The predicted molar refractivity (Wildman–Crippen MR) is 120 cm³/mol. The average molecular weight is 463 g/mol. The fourth-order valence-corrected chi connectivity index (χ4v) is 2.93. The molecule has 0 aliphatic rings. The Morgan fingerprint density at radius 1 is 1.10 bits per heavy atom. The number of benzene rings is 2. The van der Waals surface area contributed by atoms with Gasteiger partial charge in [-0.1, -0.05) is 35.3 Å². The summed E-state index contributed by atoms with van der Waals surface area (Å²) in [6.07, 6.45) is 1.32. The van der Waals surface area contributed by atoms with Crippen LogP contribution in [0.15, 0.2) is 48.8 Å². The van der Waals surface area contributed by atoms with Gasteiger partial charge in [0.2, 0.25) is 0 Å². The lowest BCUT2D eigenvalue weighted by Crippen LogP contribution is -2.34. The first kappa shape index (κ1) is 22.3. The zero-order chi connectivity index (χ0) is 22.2. The van der Waals surface area contributed by atoms with E-state index in [2.05, 4.69) is 26.1 Å². The van der Waals surface area contributed by atoms with Gasteiger partial charge < -0.3 is 20.5 Å². The molecule has 0 fully saturated rings. The van der Waals surface area contributed by atoms with Gasteiger partial charge >= 0.3 is 0 Å². The van der Waals surface area contributed by atoms with Crippen LogP contribution in [-0.2, 0) is 11.3 Å². The highest BCUT2D eigenvalue weighted by molar-refractivity contribution is 6.35. The lowest BCUT2D eigenvalue weighted by molar-refractivity contribution is -0.122. The monoisotopic (exact) mass is 462 g/mol. The molecule has 0 saturated carbocycles. The number of amides is 1. The van der Waals surface area contributed by atoms with Crippen molar-refractivity contribution in [2.45, 2.75) is 6.54 Å². The molecule has 162 valence electrons. The number of nitrogens with two attached hydrogens (primary N) is 1. The maximum Gasteiger partial charge on any atom is 0.276 e. The summed E-state index contributed by atoms with van der Waals surface area (Å²) in [5.41, 5.74) is 12.5. The van der Waals surface area contributed by atoms with Crippen LogP contribution in [0.1, 0.15) is 5.56 Å². The summed E-state index contributed by atoms with van der Waals surface area (Å²) in [7, 11) is 1.61. The van der Waals surface area contributed by atoms with Crippen molar-refractivity contribution in [2.75, 3.05) is 30.2 Å². The molecule has 1 heterocycles. The van der Waals surface area contributed by atoms with Gasteiger partial charge in [0.1, 0.15) is 23.5 Å². The average Bonchev–Trinajstić information content (AvgIpc) is 2.77. The van der Waals surface area contributed by atoms with Gasteiger partial charge in [-0.05, 0) is 35.9 Å². The zero-order valence-corrected chi connectivity index (χ0v) is 18.0. The van der Waals surface area contributed by atoms with Gasteiger partial charge in [-0.15, -0.1) is 0 Å².